The van der Waals surface area contributed by atoms with Crippen molar-refractivity contribution < 1.29 is 14.4 Å². The number of hydrogen-bond acceptors (Lipinski definition) is 5. The van der Waals surface area contributed by atoms with Gasteiger partial charge >= 0.3 is 0 Å². The fraction of sp³-hybridized carbons (Fsp3) is 0.600. The van der Waals surface area contributed by atoms with Crippen LogP contribution in [0.3, 0.4) is 0 Å². The molecule has 1 aliphatic rings. The number of nitro benzene ring substituents is 1. The van der Waals surface area contributed by atoms with E-state index in [4.69, 9.17) is 15.2 Å². The Morgan fingerprint density at radius 1 is 1.29 bits per heavy atom. The average Bonchev–Trinajstić information content (AvgIpc) is 2.37. The lowest BCUT2D eigenvalue weighted by Crippen LogP contribution is -2.33. The third-order valence-electron chi connectivity index (χ3n) is 3.42. The van der Waals surface area contributed by atoms with Crippen LogP contribution in [-0.4, -0.2) is 23.2 Å². The highest BCUT2D eigenvalue weighted by Crippen LogP contribution is 2.31. The Morgan fingerprint density at radius 2 is 2.00 bits per heavy atom. The van der Waals surface area contributed by atoms with Gasteiger partial charge in [-0.2, -0.15) is 0 Å². The lowest BCUT2D eigenvalue weighted by atomic mass is 9.93. The Hall–Kier alpha value is -1.82. The van der Waals surface area contributed by atoms with Gasteiger partial charge in [-0.1, -0.05) is 0 Å². The normalized spacial score (nSPS) is 22.1. The van der Waals surface area contributed by atoms with Crippen LogP contribution in [0, 0.1) is 10.1 Å². The molecule has 0 amide bonds. The molecule has 21 heavy (non-hydrogen) atoms. The molecule has 0 aliphatic heterocycles. The summed E-state index contributed by atoms with van der Waals surface area (Å²) >= 11 is 0. The second-order valence-corrected chi connectivity index (χ2v) is 5.75. The van der Waals surface area contributed by atoms with Crippen LogP contribution in [0.2, 0.25) is 0 Å². The second-order valence-electron chi connectivity index (χ2n) is 5.75. The van der Waals surface area contributed by atoms with Crippen molar-refractivity contribution in [3.8, 4) is 11.5 Å². The molecule has 2 N–H and O–H groups in total. The highest BCUT2D eigenvalue weighted by Gasteiger charge is 2.22. The summed E-state index contributed by atoms with van der Waals surface area (Å²) in [7, 11) is 0. The average molecular weight is 294 g/mol. The van der Waals surface area contributed by atoms with Gasteiger partial charge in [0, 0.05) is 12.1 Å². The number of hydrogen-bond donors (Lipinski definition) is 1. The molecule has 6 nitrogen and oxygen atoms in total. The molecule has 1 aliphatic carbocycles. The molecule has 2 unspecified atom stereocenters. The van der Waals surface area contributed by atoms with Crippen LogP contribution >= 0.6 is 0 Å². The minimum Gasteiger partial charge on any atom is -0.491 e. The van der Waals surface area contributed by atoms with E-state index in [9.17, 15) is 10.1 Å². The van der Waals surface area contributed by atoms with Crippen molar-refractivity contribution in [2.45, 2.75) is 57.8 Å². The molecule has 0 bridgehead atoms. The van der Waals surface area contributed by atoms with Crippen LogP contribution in [0.5, 0.6) is 11.5 Å². The first-order chi connectivity index (χ1) is 9.94. The molecule has 1 fully saturated rings. The smallest absolute Gasteiger partial charge is 0.276 e. The largest absolute Gasteiger partial charge is 0.491 e. The molecule has 2 rings (SSSR count). The lowest BCUT2D eigenvalue weighted by Gasteiger charge is -2.27. The zero-order chi connectivity index (χ0) is 15.4. The quantitative estimate of drug-likeness (QED) is 0.666. The molecule has 2 atom stereocenters. The Kier molecular flexibility index (Phi) is 5.01. The molecule has 1 saturated carbocycles. The van der Waals surface area contributed by atoms with E-state index in [1.165, 1.54) is 12.1 Å². The Morgan fingerprint density at radius 3 is 2.62 bits per heavy atom. The van der Waals surface area contributed by atoms with E-state index in [2.05, 4.69) is 0 Å². The van der Waals surface area contributed by atoms with Crippen LogP contribution in [0.15, 0.2) is 18.2 Å². The number of non-ortho nitro benzene ring substituents is 1. The second kappa shape index (κ2) is 6.76. The van der Waals surface area contributed by atoms with Crippen molar-refractivity contribution >= 4 is 5.69 Å². The zero-order valence-corrected chi connectivity index (χ0v) is 12.5. The maximum atomic E-state index is 11.0. The first kappa shape index (κ1) is 15.6. The van der Waals surface area contributed by atoms with E-state index in [1.807, 2.05) is 13.8 Å². The number of benzene rings is 1. The molecular formula is C15H22N2O4. The lowest BCUT2D eigenvalue weighted by molar-refractivity contribution is -0.385. The molecule has 6 heteroatoms. The van der Waals surface area contributed by atoms with Gasteiger partial charge in [0.1, 0.15) is 17.6 Å². The maximum absolute atomic E-state index is 11.0. The predicted molar refractivity (Wildman–Crippen MR) is 79.7 cm³/mol. The molecule has 0 radical (unpaired) electrons. The Balaban J connectivity index is 2.16. The van der Waals surface area contributed by atoms with Gasteiger partial charge in [-0.3, -0.25) is 10.1 Å². The monoisotopic (exact) mass is 294 g/mol. The SMILES string of the molecule is CC(C)Oc1cc(OC2CCCC(N)C2)cc([N+](=O)[O-])c1. The van der Waals surface area contributed by atoms with Gasteiger partial charge in [0.25, 0.3) is 5.69 Å². The third-order valence-corrected chi connectivity index (χ3v) is 3.42. The summed E-state index contributed by atoms with van der Waals surface area (Å²) in [4.78, 5) is 10.6. The van der Waals surface area contributed by atoms with Crippen molar-refractivity contribution in [1.29, 1.82) is 0 Å². The highest BCUT2D eigenvalue weighted by molar-refractivity contribution is 5.46. The molecule has 1 aromatic rings. The van der Waals surface area contributed by atoms with E-state index in [0.717, 1.165) is 25.7 Å². The van der Waals surface area contributed by atoms with Crippen LogP contribution in [-0.2, 0) is 0 Å². The topological polar surface area (TPSA) is 87.6 Å². The molecule has 1 aromatic carbocycles. The fourth-order valence-electron chi connectivity index (χ4n) is 2.55. The summed E-state index contributed by atoms with van der Waals surface area (Å²) in [5, 5.41) is 11.0. The predicted octanol–water partition coefficient (Wildman–Crippen LogP) is 3.03. The van der Waals surface area contributed by atoms with E-state index in [0.29, 0.717) is 11.5 Å². The van der Waals surface area contributed by atoms with Gasteiger partial charge in [-0.05, 0) is 39.5 Å². The first-order valence-electron chi connectivity index (χ1n) is 7.32. The van der Waals surface area contributed by atoms with Crippen LogP contribution in [0.4, 0.5) is 5.69 Å². The first-order valence-corrected chi connectivity index (χ1v) is 7.32. The molecule has 0 saturated heterocycles. The van der Waals surface area contributed by atoms with E-state index >= 15 is 0 Å². The minimum atomic E-state index is -0.438. The number of nitrogens with two attached hydrogens (primary N) is 1. The maximum Gasteiger partial charge on any atom is 0.276 e. The van der Waals surface area contributed by atoms with Crippen LogP contribution < -0.4 is 15.2 Å². The number of rotatable bonds is 5. The van der Waals surface area contributed by atoms with Gasteiger partial charge < -0.3 is 15.2 Å². The van der Waals surface area contributed by atoms with Crippen LogP contribution in [0.25, 0.3) is 0 Å². The van der Waals surface area contributed by atoms with Gasteiger partial charge in [-0.25, -0.2) is 0 Å². The van der Waals surface area contributed by atoms with Crippen molar-refractivity contribution in [3.05, 3.63) is 28.3 Å². The summed E-state index contributed by atoms with van der Waals surface area (Å²) in [5.41, 5.74) is 5.92. The van der Waals surface area contributed by atoms with Crippen molar-refractivity contribution in [2.75, 3.05) is 0 Å². The van der Waals surface area contributed by atoms with Gasteiger partial charge in [0.15, 0.2) is 0 Å². The third kappa shape index (κ3) is 4.60. The van der Waals surface area contributed by atoms with Gasteiger partial charge in [0.05, 0.1) is 23.2 Å². The Bertz CT molecular complexity index is 504. The van der Waals surface area contributed by atoms with Crippen molar-refractivity contribution in [2.24, 2.45) is 5.73 Å². The molecule has 116 valence electrons. The number of nitrogens with zero attached hydrogens (tertiary/aromatic N) is 1. The summed E-state index contributed by atoms with van der Waals surface area (Å²) in [6.45, 7) is 3.75. The van der Waals surface area contributed by atoms with Crippen molar-refractivity contribution in [1.82, 2.24) is 0 Å². The summed E-state index contributed by atoms with van der Waals surface area (Å²) in [6, 6.07) is 4.70. The van der Waals surface area contributed by atoms with Gasteiger partial charge in [-0.15, -0.1) is 0 Å². The minimum absolute atomic E-state index is 0.0163. The summed E-state index contributed by atoms with van der Waals surface area (Å²) < 4.78 is 11.4. The van der Waals surface area contributed by atoms with E-state index < -0.39 is 4.92 Å². The highest BCUT2D eigenvalue weighted by atomic mass is 16.6. The summed E-state index contributed by atoms with van der Waals surface area (Å²) in [6.07, 6.45) is 3.71. The zero-order valence-electron chi connectivity index (χ0n) is 12.5. The van der Waals surface area contributed by atoms with E-state index in [1.54, 1.807) is 6.07 Å². The fourth-order valence-corrected chi connectivity index (χ4v) is 2.55. The van der Waals surface area contributed by atoms with Gasteiger partial charge in [0.2, 0.25) is 0 Å². The molecule has 0 aromatic heterocycles. The number of ether oxygens (including phenoxy) is 2. The van der Waals surface area contributed by atoms with Crippen LogP contribution in [0.1, 0.15) is 39.5 Å². The summed E-state index contributed by atoms with van der Waals surface area (Å²) in [5.74, 6) is 0.924. The molecular weight excluding hydrogens is 272 g/mol. The van der Waals surface area contributed by atoms with Crippen molar-refractivity contribution in [3.63, 3.8) is 0 Å². The Labute approximate surface area is 124 Å². The van der Waals surface area contributed by atoms with E-state index in [-0.39, 0.29) is 23.9 Å². The number of nitro groups is 1. The molecule has 0 heterocycles. The molecule has 0 spiro atoms. The standard InChI is InChI=1S/C15H22N2O4/c1-10(2)20-14-7-12(17(18)19)8-15(9-14)21-13-5-3-4-11(16)6-13/h7-11,13H,3-6,16H2,1-2H3.